The first-order valence-electron chi connectivity index (χ1n) is 9.64. The van der Waals surface area contributed by atoms with Gasteiger partial charge in [-0.05, 0) is 42.3 Å². The second-order valence-electron chi connectivity index (χ2n) is 7.43. The number of rotatable bonds is 4. The fourth-order valence-electron chi connectivity index (χ4n) is 3.97. The number of aryl methyl sites for hydroxylation is 2. The zero-order valence-corrected chi connectivity index (χ0v) is 16.8. The van der Waals surface area contributed by atoms with Crippen LogP contribution in [0.25, 0.3) is 10.9 Å². The van der Waals surface area contributed by atoms with Gasteiger partial charge in [-0.25, -0.2) is 0 Å². The van der Waals surface area contributed by atoms with E-state index >= 15 is 0 Å². The minimum Gasteiger partial charge on any atom is -0.350 e. The molecule has 0 unspecified atom stereocenters. The van der Waals surface area contributed by atoms with Gasteiger partial charge >= 0.3 is 0 Å². The van der Waals surface area contributed by atoms with Gasteiger partial charge in [0, 0.05) is 54.2 Å². The smallest absolute Gasteiger partial charge is 0.257 e. The van der Waals surface area contributed by atoms with Crippen molar-refractivity contribution in [3.8, 4) is 0 Å². The first-order valence-corrected chi connectivity index (χ1v) is 10.0. The van der Waals surface area contributed by atoms with E-state index in [9.17, 15) is 4.79 Å². The minimum absolute atomic E-state index is 0.152. The average molecular weight is 406 g/mol. The summed E-state index contributed by atoms with van der Waals surface area (Å²) in [4.78, 5) is 12.8. The van der Waals surface area contributed by atoms with E-state index in [1.165, 1.54) is 0 Å². The molecule has 5 rings (SSSR count). The normalized spacial score (nSPS) is 13.0. The number of amides is 1. The SMILES string of the molecule is Cn1cc(C(=O)Nc2ccc(Cc3nnc4n3CCC4)cc2)c2cc(Cl)ccc21. The quantitative estimate of drug-likeness (QED) is 0.553. The van der Waals surface area contributed by atoms with Crippen LogP contribution in [-0.2, 0) is 26.4 Å². The molecule has 146 valence electrons. The van der Waals surface area contributed by atoms with Crippen LogP contribution in [0.4, 0.5) is 5.69 Å². The van der Waals surface area contributed by atoms with Gasteiger partial charge in [0.25, 0.3) is 5.91 Å². The van der Waals surface area contributed by atoms with E-state index in [2.05, 4.69) is 20.1 Å². The molecule has 0 spiro atoms. The average Bonchev–Trinajstić information content (AvgIpc) is 3.40. The summed E-state index contributed by atoms with van der Waals surface area (Å²) in [5, 5.41) is 13.0. The molecule has 1 amide bonds. The van der Waals surface area contributed by atoms with Crippen LogP contribution in [0, 0.1) is 0 Å². The third kappa shape index (κ3) is 3.29. The number of halogens is 1. The predicted octanol–water partition coefficient (Wildman–Crippen LogP) is 4.21. The molecule has 0 bridgehead atoms. The highest BCUT2D eigenvalue weighted by atomic mass is 35.5. The second-order valence-corrected chi connectivity index (χ2v) is 7.87. The zero-order valence-electron chi connectivity index (χ0n) is 16.0. The van der Waals surface area contributed by atoms with Crippen molar-refractivity contribution in [2.75, 3.05) is 5.32 Å². The number of carbonyl (C=O) groups is 1. The number of hydrogen-bond donors (Lipinski definition) is 1. The van der Waals surface area contributed by atoms with Gasteiger partial charge in [-0.3, -0.25) is 4.79 Å². The molecule has 1 aliphatic rings. The molecule has 1 aliphatic heterocycles. The Morgan fingerprint density at radius 1 is 1.17 bits per heavy atom. The monoisotopic (exact) mass is 405 g/mol. The number of hydrogen-bond acceptors (Lipinski definition) is 3. The van der Waals surface area contributed by atoms with E-state index in [1.807, 2.05) is 60.3 Å². The maximum atomic E-state index is 12.8. The number of fused-ring (bicyclic) bond motifs is 2. The van der Waals surface area contributed by atoms with Crippen LogP contribution in [0.15, 0.2) is 48.7 Å². The number of carbonyl (C=O) groups excluding carboxylic acids is 1. The maximum absolute atomic E-state index is 12.8. The lowest BCUT2D eigenvalue weighted by atomic mass is 10.1. The predicted molar refractivity (Wildman–Crippen MR) is 113 cm³/mol. The summed E-state index contributed by atoms with van der Waals surface area (Å²) in [6.45, 7) is 1.00. The van der Waals surface area contributed by atoms with E-state index in [-0.39, 0.29) is 5.91 Å². The zero-order chi connectivity index (χ0) is 20.0. The molecular formula is C22H20ClN5O. The summed E-state index contributed by atoms with van der Waals surface area (Å²) in [5.74, 6) is 1.93. The van der Waals surface area contributed by atoms with Crippen LogP contribution in [0.3, 0.4) is 0 Å². The van der Waals surface area contributed by atoms with Crippen molar-refractivity contribution < 1.29 is 4.79 Å². The summed E-state index contributed by atoms with van der Waals surface area (Å²) in [6.07, 6.45) is 4.72. The van der Waals surface area contributed by atoms with Gasteiger partial charge in [-0.2, -0.15) is 0 Å². The van der Waals surface area contributed by atoms with Crippen LogP contribution in [-0.4, -0.2) is 25.2 Å². The Kier molecular flexibility index (Phi) is 4.36. The summed E-state index contributed by atoms with van der Waals surface area (Å²) in [5.41, 5.74) is 3.47. The van der Waals surface area contributed by atoms with E-state index in [4.69, 9.17) is 11.6 Å². The summed E-state index contributed by atoms with van der Waals surface area (Å²) in [6, 6.07) is 13.5. The van der Waals surface area contributed by atoms with Crippen LogP contribution in [0.2, 0.25) is 5.02 Å². The van der Waals surface area contributed by atoms with Crippen molar-refractivity contribution >= 4 is 34.1 Å². The molecule has 1 N–H and O–H groups in total. The highest BCUT2D eigenvalue weighted by molar-refractivity contribution is 6.31. The molecule has 7 heteroatoms. The Morgan fingerprint density at radius 2 is 2.00 bits per heavy atom. The molecule has 0 atom stereocenters. The lowest BCUT2D eigenvalue weighted by molar-refractivity contribution is 0.102. The molecule has 0 radical (unpaired) electrons. The molecule has 0 aliphatic carbocycles. The largest absolute Gasteiger partial charge is 0.350 e. The van der Waals surface area contributed by atoms with Gasteiger partial charge < -0.3 is 14.5 Å². The van der Waals surface area contributed by atoms with Gasteiger partial charge in [-0.15, -0.1) is 10.2 Å². The standard InChI is InChI=1S/C22H20ClN5O/c1-27-13-18(17-12-15(23)6-9-19(17)27)22(29)24-16-7-4-14(5-8-16)11-21-26-25-20-3-2-10-28(20)21/h4-9,12-13H,2-3,10-11H2,1H3,(H,24,29). The lowest BCUT2D eigenvalue weighted by Gasteiger charge is -2.07. The van der Waals surface area contributed by atoms with Gasteiger partial charge in [0.05, 0.1) is 5.56 Å². The van der Waals surface area contributed by atoms with Crippen molar-refractivity contribution in [2.24, 2.45) is 7.05 Å². The number of aromatic nitrogens is 4. The third-order valence-electron chi connectivity index (χ3n) is 5.46. The van der Waals surface area contributed by atoms with E-state index in [0.717, 1.165) is 59.6 Å². The number of anilines is 1. The number of nitrogens with zero attached hydrogens (tertiary/aromatic N) is 4. The Balaban J connectivity index is 1.33. The van der Waals surface area contributed by atoms with Crippen LogP contribution >= 0.6 is 11.6 Å². The van der Waals surface area contributed by atoms with E-state index in [1.54, 1.807) is 0 Å². The molecular weight excluding hydrogens is 386 g/mol. The molecule has 0 saturated heterocycles. The summed E-state index contributed by atoms with van der Waals surface area (Å²) in [7, 11) is 1.92. The minimum atomic E-state index is -0.152. The Labute approximate surface area is 173 Å². The van der Waals surface area contributed by atoms with Crippen molar-refractivity contribution in [1.82, 2.24) is 19.3 Å². The molecule has 6 nitrogen and oxygen atoms in total. The van der Waals surface area contributed by atoms with Gasteiger partial charge in [0.15, 0.2) is 0 Å². The lowest BCUT2D eigenvalue weighted by Crippen LogP contribution is -2.11. The van der Waals surface area contributed by atoms with E-state index in [0.29, 0.717) is 10.6 Å². The Hall–Kier alpha value is -3.12. The van der Waals surface area contributed by atoms with Gasteiger partial charge in [-0.1, -0.05) is 23.7 Å². The fraction of sp³-hybridized carbons (Fsp3) is 0.227. The number of benzene rings is 2. The van der Waals surface area contributed by atoms with Gasteiger partial charge in [0.2, 0.25) is 0 Å². The third-order valence-corrected chi connectivity index (χ3v) is 5.69. The van der Waals surface area contributed by atoms with Crippen molar-refractivity contribution in [1.29, 1.82) is 0 Å². The molecule has 0 saturated carbocycles. The van der Waals surface area contributed by atoms with Crippen molar-refractivity contribution in [3.05, 3.63) is 76.5 Å². The maximum Gasteiger partial charge on any atom is 0.257 e. The summed E-state index contributed by atoms with van der Waals surface area (Å²) >= 11 is 6.12. The van der Waals surface area contributed by atoms with Crippen LogP contribution in [0.5, 0.6) is 0 Å². The first-order chi connectivity index (χ1) is 14.1. The molecule has 4 aromatic rings. The van der Waals surface area contributed by atoms with Crippen molar-refractivity contribution in [3.63, 3.8) is 0 Å². The molecule has 2 aromatic carbocycles. The molecule has 29 heavy (non-hydrogen) atoms. The highest BCUT2D eigenvalue weighted by Crippen LogP contribution is 2.25. The van der Waals surface area contributed by atoms with Gasteiger partial charge in [0.1, 0.15) is 11.6 Å². The molecule has 2 aromatic heterocycles. The highest BCUT2D eigenvalue weighted by Gasteiger charge is 2.18. The van der Waals surface area contributed by atoms with Crippen LogP contribution < -0.4 is 5.32 Å². The first kappa shape index (κ1) is 17.9. The summed E-state index contributed by atoms with van der Waals surface area (Å²) < 4.78 is 4.14. The van der Waals surface area contributed by atoms with E-state index < -0.39 is 0 Å². The van der Waals surface area contributed by atoms with Crippen molar-refractivity contribution in [2.45, 2.75) is 25.8 Å². The Bertz CT molecular complexity index is 1220. The molecule has 3 heterocycles. The second kappa shape index (κ2) is 7.04. The molecule has 0 fully saturated rings. The van der Waals surface area contributed by atoms with Crippen LogP contribution in [0.1, 0.15) is 34.0 Å². The number of nitrogens with one attached hydrogen (secondary N) is 1. The Morgan fingerprint density at radius 3 is 2.83 bits per heavy atom. The topological polar surface area (TPSA) is 64.7 Å². The fourth-order valence-corrected chi connectivity index (χ4v) is 4.15.